The van der Waals surface area contributed by atoms with Gasteiger partial charge >= 0.3 is 0 Å². The lowest BCUT2D eigenvalue weighted by Crippen LogP contribution is -1.96. The van der Waals surface area contributed by atoms with Crippen molar-refractivity contribution in [3.63, 3.8) is 0 Å². The minimum Gasteiger partial charge on any atom is -0.383 e. The highest BCUT2D eigenvalue weighted by molar-refractivity contribution is 5.38. The van der Waals surface area contributed by atoms with Gasteiger partial charge in [-0.25, -0.2) is 4.98 Å². The summed E-state index contributed by atoms with van der Waals surface area (Å²) in [6, 6.07) is 3.97. The van der Waals surface area contributed by atoms with Crippen LogP contribution in [-0.2, 0) is 6.42 Å². The summed E-state index contributed by atoms with van der Waals surface area (Å²) in [6.07, 6.45) is 5.17. The molecule has 0 unspecified atom stereocenters. The van der Waals surface area contributed by atoms with Crippen LogP contribution in [0.5, 0.6) is 0 Å². The van der Waals surface area contributed by atoms with Gasteiger partial charge in [-0.3, -0.25) is 0 Å². The Morgan fingerprint density at radius 2 is 2.36 bits per heavy atom. The van der Waals surface area contributed by atoms with Crippen molar-refractivity contribution in [2.45, 2.75) is 26.2 Å². The number of nitrogen functional groups attached to an aromatic ring is 1. The summed E-state index contributed by atoms with van der Waals surface area (Å²) in [6.45, 7) is 2.17. The summed E-state index contributed by atoms with van der Waals surface area (Å²) >= 11 is 0. The van der Waals surface area contributed by atoms with Crippen molar-refractivity contribution in [3.05, 3.63) is 23.9 Å². The molecule has 2 heteroatoms. The Morgan fingerprint density at radius 3 is 3.00 bits per heavy atom. The average molecular weight is 150 g/mol. The first-order valence-corrected chi connectivity index (χ1v) is 4.04. The third-order valence-corrected chi connectivity index (χ3v) is 1.73. The largest absolute Gasteiger partial charge is 0.383 e. The fraction of sp³-hybridized carbons (Fsp3) is 0.444. The third kappa shape index (κ3) is 2.22. The SMILES string of the molecule is CCCCc1cccnc1N. The number of unbranched alkanes of at least 4 members (excludes halogenated alkanes) is 1. The fourth-order valence-corrected chi connectivity index (χ4v) is 1.03. The zero-order valence-electron chi connectivity index (χ0n) is 6.88. The van der Waals surface area contributed by atoms with Gasteiger partial charge in [0.15, 0.2) is 0 Å². The molecule has 0 amide bonds. The van der Waals surface area contributed by atoms with E-state index in [2.05, 4.69) is 11.9 Å². The van der Waals surface area contributed by atoms with Gasteiger partial charge in [-0.1, -0.05) is 19.4 Å². The van der Waals surface area contributed by atoms with E-state index < -0.39 is 0 Å². The highest BCUT2D eigenvalue weighted by atomic mass is 14.8. The Labute approximate surface area is 67.5 Å². The quantitative estimate of drug-likeness (QED) is 0.715. The average Bonchev–Trinajstić information content (AvgIpc) is 2.03. The molecule has 2 nitrogen and oxygen atoms in total. The predicted octanol–water partition coefficient (Wildman–Crippen LogP) is 2.01. The number of rotatable bonds is 3. The Bertz CT molecular complexity index is 221. The summed E-state index contributed by atoms with van der Waals surface area (Å²) in [4.78, 5) is 4.01. The van der Waals surface area contributed by atoms with Gasteiger partial charge in [0.05, 0.1) is 0 Å². The van der Waals surface area contributed by atoms with Crippen molar-refractivity contribution in [3.8, 4) is 0 Å². The Hall–Kier alpha value is -1.05. The standard InChI is InChI=1S/C9H14N2/c1-2-3-5-8-6-4-7-11-9(8)10/h4,6-7H,2-3,5H2,1H3,(H2,10,11). The van der Waals surface area contributed by atoms with Crippen LogP contribution >= 0.6 is 0 Å². The Morgan fingerprint density at radius 1 is 1.55 bits per heavy atom. The molecule has 1 heterocycles. The molecule has 0 fully saturated rings. The van der Waals surface area contributed by atoms with Gasteiger partial charge in [0.25, 0.3) is 0 Å². The van der Waals surface area contributed by atoms with Crippen LogP contribution in [0.2, 0.25) is 0 Å². The van der Waals surface area contributed by atoms with Crippen LogP contribution in [0.3, 0.4) is 0 Å². The highest BCUT2D eigenvalue weighted by Crippen LogP contribution is 2.09. The predicted molar refractivity (Wildman–Crippen MR) is 47.3 cm³/mol. The van der Waals surface area contributed by atoms with E-state index >= 15 is 0 Å². The van der Waals surface area contributed by atoms with Crippen LogP contribution in [0, 0.1) is 0 Å². The maximum Gasteiger partial charge on any atom is 0.126 e. The van der Waals surface area contributed by atoms with Crippen LogP contribution in [0.4, 0.5) is 5.82 Å². The molecule has 0 saturated heterocycles. The maximum absolute atomic E-state index is 5.65. The topological polar surface area (TPSA) is 38.9 Å². The Balaban J connectivity index is 2.62. The van der Waals surface area contributed by atoms with Gasteiger partial charge in [-0.2, -0.15) is 0 Å². The van der Waals surface area contributed by atoms with E-state index in [1.165, 1.54) is 18.4 Å². The molecule has 0 aliphatic rings. The molecule has 60 valence electrons. The molecular formula is C9H14N2. The Kier molecular flexibility index (Phi) is 2.90. The smallest absolute Gasteiger partial charge is 0.126 e. The molecule has 1 aromatic rings. The van der Waals surface area contributed by atoms with Crippen molar-refractivity contribution < 1.29 is 0 Å². The molecule has 0 saturated carbocycles. The van der Waals surface area contributed by atoms with Crippen LogP contribution in [-0.4, -0.2) is 4.98 Å². The second-order valence-corrected chi connectivity index (χ2v) is 2.65. The first-order valence-electron chi connectivity index (χ1n) is 4.04. The molecule has 0 bridgehead atoms. The monoisotopic (exact) mass is 150 g/mol. The van der Waals surface area contributed by atoms with Gasteiger partial charge < -0.3 is 5.73 Å². The van der Waals surface area contributed by atoms with Gasteiger partial charge in [-0.15, -0.1) is 0 Å². The molecule has 1 rings (SSSR count). The zero-order chi connectivity index (χ0) is 8.10. The number of pyridine rings is 1. The number of anilines is 1. The van der Waals surface area contributed by atoms with E-state index in [0.29, 0.717) is 5.82 Å². The van der Waals surface area contributed by atoms with E-state index in [4.69, 9.17) is 5.73 Å². The van der Waals surface area contributed by atoms with E-state index in [9.17, 15) is 0 Å². The molecule has 0 spiro atoms. The fourth-order valence-electron chi connectivity index (χ4n) is 1.03. The molecule has 0 aromatic carbocycles. The van der Waals surface area contributed by atoms with Crippen molar-refractivity contribution in [1.29, 1.82) is 0 Å². The number of aromatic nitrogens is 1. The lowest BCUT2D eigenvalue weighted by atomic mass is 10.1. The molecule has 0 atom stereocenters. The summed E-state index contributed by atoms with van der Waals surface area (Å²) in [7, 11) is 0. The first-order chi connectivity index (χ1) is 5.34. The third-order valence-electron chi connectivity index (χ3n) is 1.73. The van der Waals surface area contributed by atoms with E-state index in [0.717, 1.165) is 6.42 Å². The van der Waals surface area contributed by atoms with E-state index in [1.54, 1.807) is 6.20 Å². The minimum absolute atomic E-state index is 0.681. The van der Waals surface area contributed by atoms with Crippen molar-refractivity contribution >= 4 is 5.82 Å². The van der Waals surface area contributed by atoms with E-state index in [-0.39, 0.29) is 0 Å². The number of nitrogens with zero attached hydrogens (tertiary/aromatic N) is 1. The van der Waals surface area contributed by atoms with E-state index in [1.807, 2.05) is 12.1 Å². The summed E-state index contributed by atoms with van der Waals surface area (Å²) in [5.74, 6) is 0.681. The van der Waals surface area contributed by atoms with Gasteiger partial charge in [0.1, 0.15) is 5.82 Å². The van der Waals surface area contributed by atoms with Gasteiger partial charge in [-0.05, 0) is 24.5 Å². The minimum atomic E-state index is 0.681. The normalized spacial score (nSPS) is 9.91. The van der Waals surface area contributed by atoms with Crippen LogP contribution in [0.25, 0.3) is 0 Å². The number of nitrogens with two attached hydrogens (primary N) is 1. The second-order valence-electron chi connectivity index (χ2n) is 2.65. The summed E-state index contributed by atoms with van der Waals surface area (Å²) < 4.78 is 0. The first kappa shape index (κ1) is 8.05. The second kappa shape index (κ2) is 3.96. The molecule has 1 aromatic heterocycles. The van der Waals surface area contributed by atoms with Crippen LogP contribution < -0.4 is 5.73 Å². The van der Waals surface area contributed by atoms with Crippen molar-refractivity contribution in [2.75, 3.05) is 5.73 Å². The summed E-state index contributed by atoms with van der Waals surface area (Å²) in [5, 5.41) is 0. The van der Waals surface area contributed by atoms with Gasteiger partial charge in [0, 0.05) is 6.20 Å². The molecular weight excluding hydrogens is 136 g/mol. The molecule has 11 heavy (non-hydrogen) atoms. The highest BCUT2D eigenvalue weighted by Gasteiger charge is 1.96. The van der Waals surface area contributed by atoms with Crippen LogP contribution in [0.1, 0.15) is 25.3 Å². The van der Waals surface area contributed by atoms with Crippen LogP contribution in [0.15, 0.2) is 18.3 Å². The number of hydrogen-bond acceptors (Lipinski definition) is 2. The molecule has 0 radical (unpaired) electrons. The zero-order valence-corrected chi connectivity index (χ0v) is 6.88. The molecule has 2 N–H and O–H groups in total. The van der Waals surface area contributed by atoms with Crippen molar-refractivity contribution in [2.24, 2.45) is 0 Å². The van der Waals surface area contributed by atoms with Gasteiger partial charge in [0.2, 0.25) is 0 Å². The lowest BCUT2D eigenvalue weighted by molar-refractivity contribution is 0.794. The molecule has 0 aliphatic heterocycles. The lowest BCUT2D eigenvalue weighted by Gasteiger charge is -2.01. The molecule has 0 aliphatic carbocycles. The summed E-state index contributed by atoms with van der Waals surface area (Å²) in [5.41, 5.74) is 6.83. The maximum atomic E-state index is 5.65. The number of aryl methyl sites for hydroxylation is 1. The number of hydrogen-bond donors (Lipinski definition) is 1. The van der Waals surface area contributed by atoms with Crippen molar-refractivity contribution in [1.82, 2.24) is 4.98 Å².